The highest BCUT2D eigenvalue weighted by Crippen LogP contribution is 2.25. The van der Waals surface area contributed by atoms with E-state index in [4.69, 9.17) is 5.11 Å². The summed E-state index contributed by atoms with van der Waals surface area (Å²) in [5.41, 5.74) is 0.965. The molecule has 110 valence electrons. The number of aliphatic hydroxyl groups is 1. The number of carbonyl (C=O) groups is 1. The SMILES string of the molecule is O=C1CCCN1C1CCCCC1.OCc1ccccc1. The molecule has 3 rings (SSSR count). The monoisotopic (exact) mass is 275 g/mol. The largest absolute Gasteiger partial charge is 0.392 e. The fourth-order valence-corrected chi connectivity index (χ4v) is 3.03. The van der Waals surface area contributed by atoms with Gasteiger partial charge in [0.1, 0.15) is 0 Å². The number of carbonyl (C=O) groups excluding carboxylic acids is 1. The molecule has 3 nitrogen and oxygen atoms in total. The van der Waals surface area contributed by atoms with E-state index in [2.05, 4.69) is 4.90 Å². The van der Waals surface area contributed by atoms with Gasteiger partial charge in [0.15, 0.2) is 0 Å². The summed E-state index contributed by atoms with van der Waals surface area (Å²) in [7, 11) is 0. The van der Waals surface area contributed by atoms with E-state index in [9.17, 15) is 4.79 Å². The lowest BCUT2D eigenvalue weighted by atomic mass is 9.94. The zero-order chi connectivity index (χ0) is 14.2. The van der Waals surface area contributed by atoms with Crippen molar-refractivity contribution in [1.82, 2.24) is 4.90 Å². The van der Waals surface area contributed by atoms with Crippen LogP contribution in [-0.4, -0.2) is 28.5 Å². The summed E-state index contributed by atoms with van der Waals surface area (Å²) in [6.07, 6.45) is 8.44. The van der Waals surface area contributed by atoms with Crippen LogP contribution >= 0.6 is 0 Å². The van der Waals surface area contributed by atoms with Gasteiger partial charge >= 0.3 is 0 Å². The zero-order valence-electron chi connectivity index (χ0n) is 12.1. The molecule has 1 saturated heterocycles. The quantitative estimate of drug-likeness (QED) is 0.901. The summed E-state index contributed by atoms with van der Waals surface area (Å²) in [4.78, 5) is 13.5. The first-order valence-electron chi connectivity index (χ1n) is 7.75. The van der Waals surface area contributed by atoms with Crippen molar-refractivity contribution in [2.45, 2.75) is 57.6 Å². The number of rotatable bonds is 2. The smallest absolute Gasteiger partial charge is 0.222 e. The van der Waals surface area contributed by atoms with Gasteiger partial charge in [0.2, 0.25) is 5.91 Å². The van der Waals surface area contributed by atoms with E-state index in [0.29, 0.717) is 11.9 Å². The summed E-state index contributed by atoms with van der Waals surface area (Å²) in [6.45, 7) is 1.17. The van der Waals surface area contributed by atoms with Crippen LogP contribution in [0.5, 0.6) is 0 Å². The van der Waals surface area contributed by atoms with Crippen LogP contribution in [0, 0.1) is 0 Å². The van der Waals surface area contributed by atoms with Gasteiger partial charge in [-0.05, 0) is 24.8 Å². The molecule has 1 aliphatic carbocycles. The standard InChI is InChI=1S/C10H17NO.C7H8O/c12-10-7-4-8-11(10)9-5-2-1-3-6-9;8-6-7-4-2-1-3-5-7/h9H,1-8H2;1-5,8H,6H2. The second-order valence-corrected chi connectivity index (χ2v) is 5.63. The van der Waals surface area contributed by atoms with Gasteiger partial charge in [-0.15, -0.1) is 0 Å². The third-order valence-corrected chi connectivity index (χ3v) is 4.15. The van der Waals surface area contributed by atoms with Gasteiger partial charge in [-0.3, -0.25) is 4.79 Å². The zero-order valence-corrected chi connectivity index (χ0v) is 12.1. The normalized spacial score (nSPS) is 19.6. The van der Waals surface area contributed by atoms with Crippen molar-refractivity contribution < 1.29 is 9.90 Å². The van der Waals surface area contributed by atoms with Gasteiger partial charge < -0.3 is 10.0 Å². The van der Waals surface area contributed by atoms with E-state index in [1.807, 2.05) is 30.3 Å². The van der Waals surface area contributed by atoms with E-state index < -0.39 is 0 Å². The summed E-state index contributed by atoms with van der Waals surface area (Å²) in [5, 5.41) is 8.54. The van der Waals surface area contributed by atoms with Gasteiger partial charge in [-0.2, -0.15) is 0 Å². The van der Waals surface area contributed by atoms with Crippen molar-refractivity contribution in [2.24, 2.45) is 0 Å². The molecule has 1 amide bonds. The molecule has 0 unspecified atom stereocenters. The van der Waals surface area contributed by atoms with Gasteiger partial charge in [-0.25, -0.2) is 0 Å². The van der Waals surface area contributed by atoms with Gasteiger partial charge in [0.05, 0.1) is 6.61 Å². The molecule has 1 aliphatic heterocycles. The fourth-order valence-electron chi connectivity index (χ4n) is 3.03. The molecule has 20 heavy (non-hydrogen) atoms. The van der Waals surface area contributed by atoms with Gasteiger partial charge in [0, 0.05) is 19.0 Å². The maximum atomic E-state index is 11.4. The lowest BCUT2D eigenvalue weighted by molar-refractivity contribution is -0.130. The number of hydrogen-bond donors (Lipinski definition) is 1. The topological polar surface area (TPSA) is 40.5 Å². The van der Waals surface area contributed by atoms with Crippen molar-refractivity contribution >= 4 is 5.91 Å². The Kier molecular flexibility index (Phi) is 6.06. The molecule has 0 radical (unpaired) electrons. The van der Waals surface area contributed by atoms with Gasteiger partial charge in [-0.1, -0.05) is 49.6 Å². The van der Waals surface area contributed by atoms with Crippen molar-refractivity contribution in [1.29, 1.82) is 0 Å². The highest BCUT2D eigenvalue weighted by Gasteiger charge is 2.28. The Labute approximate surface area is 121 Å². The Bertz CT molecular complexity index is 399. The highest BCUT2D eigenvalue weighted by molar-refractivity contribution is 5.78. The van der Waals surface area contributed by atoms with Crippen LogP contribution in [-0.2, 0) is 11.4 Å². The van der Waals surface area contributed by atoms with Crippen LogP contribution in [0.15, 0.2) is 30.3 Å². The second-order valence-electron chi connectivity index (χ2n) is 5.63. The first kappa shape index (κ1) is 15.0. The molecular weight excluding hydrogens is 250 g/mol. The molecule has 2 aliphatic rings. The first-order chi connectivity index (χ1) is 9.81. The number of amides is 1. The third-order valence-electron chi connectivity index (χ3n) is 4.15. The molecule has 3 heteroatoms. The Morgan fingerprint density at radius 3 is 2.25 bits per heavy atom. The number of likely N-dealkylation sites (tertiary alicyclic amines) is 1. The first-order valence-corrected chi connectivity index (χ1v) is 7.75. The average molecular weight is 275 g/mol. The summed E-state index contributed by atoms with van der Waals surface area (Å²) in [6, 6.07) is 10.1. The Morgan fingerprint density at radius 2 is 1.75 bits per heavy atom. The average Bonchev–Trinajstić information content (AvgIpc) is 2.96. The van der Waals surface area contributed by atoms with Crippen LogP contribution in [0.2, 0.25) is 0 Å². The van der Waals surface area contributed by atoms with Crippen LogP contribution in [0.3, 0.4) is 0 Å². The molecule has 2 fully saturated rings. The Balaban J connectivity index is 0.000000160. The molecule has 0 spiro atoms. The van der Waals surface area contributed by atoms with Crippen LogP contribution < -0.4 is 0 Å². The molecule has 0 aromatic heterocycles. The van der Waals surface area contributed by atoms with Crippen LogP contribution in [0.1, 0.15) is 50.5 Å². The van der Waals surface area contributed by atoms with E-state index in [0.717, 1.165) is 24.9 Å². The van der Waals surface area contributed by atoms with E-state index in [-0.39, 0.29) is 6.61 Å². The number of aliphatic hydroxyl groups excluding tert-OH is 1. The summed E-state index contributed by atoms with van der Waals surface area (Å²) >= 11 is 0. The minimum absolute atomic E-state index is 0.140. The van der Waals surface area contributed by atoms with E-state index in [1.165, 1.54) is 32.1 Å². The predicted molar refractivity (Wildman–Crippen MR) is 80.2 cm³/mol. The maximum Gasteiger partial charge on any atom is 0.222 e. The van der Waals surface area contributed by atoms with Crippen molar-refractivity contribution in [3.8, 4) is 0 Å². The van der Waals surface area contributed by atoms with E-state index >= 15 is 0 Å². The number of nitrogens with zero attached hydrogens (tertiary/aromatic N) is 1. The lowest BCUT2D eigenvalue weighted by Gasteiger charge is -2.30. The Hall–Kier alpha value is -1.35. The second kappa shape index (κ2) is 8.05. The predicted octanol–water partition coefficient (Wildman–Crippen LogP) is 3.12. The molecule has 0 bridgehead atoms. The van der Waals surface area contributed by atoms with Crippen LogP contribution in [0.4, 0.5) is 0 Å². The lowest BCUT2D eigenvalue weighted by Crippen LogP contribution is -2.37. The summed E-state index contributed by atoms with van der Waals surface area (Å²) < 4.78 is 0. The minimum Gasteiger partial charge on any atom is -0.392 e. The van der Waals surface area contributed by atoms with Crippen molar-refractivity contribution in [3.63, 3.8) is 0 Å². The number of hydrogen-bond acceptors (Lipinski definition) is 2. The highest BCUT2D eigenvalue weighted by atomic mass is 16.3. The maximum absolute atomic E-state index is 11.4. The minimum atomic E-state index is 0.140. The molecule has 1 saturated carbocycles. The molecule has 1 N–H and O–H groups in total. The summed E-state index contributed by atoms with van der Waals surface area (Å²) in [5.74, 6) is 0.405. The number of benzene rings is 1. The molecular formula is C17H25NO2. The molecule has 0 atom stereocenters. The van der Waals surface area contributed by atoms with Gasteiger partial charge in [0.25, 0.3) is 0 Å². The Morgan fingerprint density at radius 1 is 1.05 bits per heavy atom. The van der Waals surface area contributed by atoms with E-state index in [1.54, 1.807) is 0 Å². The van der Waals surface area contributed by atoms with Crippen LogP contribution in [0.25, 0.3) is 0 Å². The third kappa shape index (κ3) is 4.34. The molecule has 1 heterocycles. The molecule has 1 aromatic carbocycles. The molecule has 1 aromatic rings. The van der Waals surface area contributed by atoms with Crippen molar-refractivity contribution in [3.05, 3.63) is 35.9 Å². The van der Waals surface area contributed by atoms with Crippen molar-refractivity contribution in [2.75, 3.05) is 6.54 Å². The fraction of sp³-hybridized carbons (Fsp3) is 0.588.